The van der Waals surface area contributed by atoms with Crippen molar-refractivity contribution in [1.82, 2.24) is 24.8 Å². The van der Waals surface area contributed by atoms with Crippen LogP contribution in [0.15, 0.2) is 48.8 Å². The van der Waals surface area contributed by atoms with Crippen LogP contribution in [0.4, 0.5) is 5.95 Å². The molecule has 1 amide bonds. The van der Waals surface area contributed by atoms with Crippen LogP contribution in [0, 0.1) is 6.92 Å². The Morgan fingerprint density at radius 3 is 2.59 bits per heavy atom. The second-order valence-corrected chi connectivity index (χ2v) is 8.99. The van der Waals surface area contributed by atoms with E-state index in [2.05, 4.69) is 24.8 Å². The number of aromatic nitrogens is 4. The van der Waals surface area contributed by atoms with Gasteiger partial charge < -0.3 is 14.5 Å². The minimum Gasteiger partial charge on any atom is -0.437 e. The highest BCUT2D eigenvalue weighted by Gasteiger charge is 2.30. The van der Waals surface area contributed by atoms with Gasteiger partial charge in [0.2, 0.25) is 11.8 Å². The van der Waals surface area contributed by atoms with Gasteiger partial charge in [-0.15, -0.1) is 0 Å². The van der Waals surface area contributed by atoms with Crippen LogP contribution in [0.3, 0.4) is 0 Å². The molecule has 8 heteroatoms. The van der Waals surface area contributed by atoms with Crippen molar-refractivity contribution in [1.29, 1.82) is 0 Å². The van der Waals surface area contributed by atoms with E-state index in [4.69, 9.17) is 4.74 Å². The molecule has 2 saturated heterocycles. The first-order chi connectivity index (χ1) is 16.7. The van der Waals surface area contributed by atoms with E-state index in [-0.39, 0.29) is 11.8 Å². The summed E-state index contributed by atoms with van der Waals surface area (Å²) in [5.74, 6) is 1.88. The predicted octanol–water partition coefficient (Wildman–Crippen LogP) is 4.38. The summed E-state index contributed by atoms with van der Waals surface area (Å²) in [6.45, 7) is 5.08. The summed E-state index contributed by atoms with van der Waals surface area (Å²) in [5, 5.41) is 0. The highest BCUT2D eigenvalue weighted by molar-refractivity contribution is 5.92. The van der Waals surface area contributed by atoms with E-state index in [0.717, 1.165) is 55.9 Å². The minimum absolute atomic E-state index is 0.0506. The second-order valence-electron chi connectivity index (χ2n) is 8.99. The monoisotopic (exact) mass is 458 g/mol. The van der Waals surface area contributed by atoms with Crippen LogP contribution in [0.5, 0.6) is 11.6 Å². The molecule has 3 aromatic rings. The van der Waals surface area contributed by atoms with Gasteiger partial charge >= 0.3 is 0 Å². The largest absolute Gasteiger partial charge is 0.437 e. The summed E-state index contributed by atoms with van der Waals surface area (Å²) >= 11 is 0. The summed E-state index contributed by atoms with van der Waals surface area (Å²) in [5.41, 5.74) is 2.07. The molecular weight excluding hydrogens is 428 g/mol. The average Bonchev–Trinajstić information content (AvgIpc) is 2.89. The molecule has 4 heterocycles. The smallest absolute Gasteiger partial charge is 0.272 e. The minimum atomic E-state index is -0.0529. The normalized spacial score (nSPS) is 18.6. The number of ether oxygens (including phenoxy) is 1. The number of benzene rings is 1. The molecule has 0 bridgehead atoms. The van der Waals surface area contributed by atoms with Gasteiger partial charge in [0.25, 0.3) is 5.91 Å². The highest BCUT2D eigenvalue weighted by Crippen LogP contribution is 2.33. The molecular formula is C26H30N6O2. The predicted molar refractivity (Wildman–Crippen MR) is 129 cm³/mol. The maximum absolute atomic E-state index is 13.5. The number of carbonyl (C=O) groups excluding carboxylic acids is 1. The number of piperidine rings is 2. The topological polar surface area (TPSA) is 84.3 Å². The number of anilines is 1. The molecule has 2 aliphatic rings. The quantitative estimate of drug-likeness (QED) is 0.561. The molecule has 2 aliphatic heterocycles. The van der Waals surface area contributed by atoms with Crippen molar-refractivity contribution in [2.75, 3.05) is 31.1 Å². The van der Waals surface area contributed by atoms with E-state index in [1.165, 1.54) is 6.42 Å². The lowest BCUT2D eigenvalue weighted by atomic mass is 9.94. The molecule has 176 valence electrons. The lowest BCUT2D eigenvalue weighted by Crippen LogP contribution is -2.40. The average molecular weight is 459 g/mol. The van der Waals surface area contributed by atoms with Crippen LogP contribution in [0.1, 0.15) is 59.9 Å². The standard InChI is InChI=1S/C26H30N6O2/c1-19-17-22(30-26(29-19)31-14-6-3-7-15-31)25(33)32-16-8-9-20(18-32)23-24(28-13-12-27-23)34-21-10-4-2-5-11-21/h2,4-5,10-13,17,20H,3,6-9,14-16,18H2,1H3. The van der Waals surface area contributed by atoms with Gasteiger partial charge in [-0.25, -0.2) is 15.0 Å². The van der Waals surface area contributed by atoms with E-state index in [9.17, 15) is 4.79 Å². The summed E-state index contributed by atoms with van der Waals surface area (Å²) in [6.07, 6.45) is 8.66. The first kappa shape index (κ1) is 22.3. The molecule has 0 spiro atoms. The lowest BCUT2D eigenvalue weighted by molar-refractivity contribution is 0.0698. The zero-order chi connectivity index (χ0) is 23.3. The van der Waals surface area contributed by atoms with Gasteiger partial charge in [-0.1, -0.05) is 18.2 Å². The number of para-hydroxylation sites is 1. The second kappa shape index (κ2) is 10.2. The van der Waals surface area contributed by atoms with Crippen LogP contribution in [0.2, 0.25) is 0 Å². The molecule has 34 heavy (non-hydrogen) atoms. The third-order valence-corrected chi connectivity index (χ3v) is 6.44. The van der Waals surface area contributed by atoms with Crippen LogP contribution in [-0.4, -0.2) is 56.9 Å². The van der Waals surface area contributed by atoms with Gasteiger partial charge in [0.05, 0.1) is 0 Å². The molecule has 0 radical (unpaired) electrons. The maximum Gasteiger partial charge on any atom is 0.272 e. The fourth-order valence-corrected chi connectivity index (χ4v) is 4.74. The fraction of sp³-hybridized carbons (Fsp3) is 0.423. The molecule has 2 aromatic heterocycles. The molecule has 0 saturated carbocycles. The Labute approximate surface area is 200 Å². The Bertz CT molecular complexity index is 1130. The fourth-order valence-electron chi connectivity index (χ4n) is 4.74. The number of nitrogens with zero attached hydrogens (tertiary/aromatic N) is 6. The first-order valence-corrected chi connectivity index (χ1v) is 12.1. The number of hydrogen-bond acceptors (Lipinski definition) is 7. The molecule has 1 aromatic carbocycles. The molecule has 1 unspecified atom stereocenters. The van der Waals surface area contributed by atoms with Crippen LogP contribution in [-0.2, 0) is 0 Å². The summed E-state index contributed by atoms with van der Waals surface area (Å²) in [4.78, 5) is 35.9. The van der Waals surface area contributed by atoms with Gasteiger partial charge in [0, 0.05) is 50.2 Å². The van der Waals surface area contributed by atoms with Gasteiger partial charge in [0.15, 0.2) is 0 Å². The molecule has 1 atom stereocenters. The first-order valence-electron chi connectivity index (χ1n) is 12.1. The van der Waals surface area contributed by atoms with E-state index in [1.54, 1.807) is 18.5 Å². The third kappa shape index (κ3) is 5.00. The number of rotatable bonds is 5. The SMILES string of the molecule is Cc1cc(C(=O)N2CCCC(c3nccnc3Oc3ccccc3)C2)nc(N2CCCCC2)n1. The Hall–Kier alpha value is -3.55. The number of likely N-dealkylation sites (tertiary alicyclic amines) is 1. The number of amides is 1. The van der Waals surface area contributed by atoms with Crippen molar-refractivity contribution in [3.63, 3.8) is 0 Å². The third-order valence-electron chi connectivity index (χ3n) is 6.44. The van der Waals surface area contributed by atoms with Gasteiger partial charge in [-0.05, 0) is 57.2 Å². The van der Waals surface area contributed by atoms with Crippen molar-refractivity contribution >= 4 is 11.9 Å². The van der Waals surface area contributed by atoms with Crippen LogP contribution >= 0.6 is 0 Å². The zero-order valence-corrected chi connectivity index (χ0v) is 19.6. The molecule has 5 rings (SSSR count). The van der Waals surface area contributed by atoms with Crippen molar-refractivity contribution in [2.45, 2.75) is 44.9 Å². The van der Waals surface area contributed by atoms with Crippen molar-refractivity contribution in [3.8, 4) is 11.6 Å². The summed E-state index contributed by atoms with van der Waals surface area (Å²) < 4.78 is 6.04. The van der Waals surface area contributed by atoms with Crippen LogP contribution < -0.4 is 9.64 Å². The van der Waals surface area contributed by atoms with Crippen LogP contribution in [0.25, 0.3) is 0 Å². The summed E-state index contributed by atoms with van der Waals surface area (Å²) in [6, 6.07) is 11.4. The van der Waals surface area contributed by atoms with Gasteiger partial charge in [-0.2, -0.15) is 0 Å². The van der Waals surface area contributed by atoms with E-state index in [1.807, 2.05) is 42.2 Å². The molecule has 0 N–H and O–H groups in total. The maximum atomic E-state index is 13.5. The highest BCUT2D eigenvalue weighted by atomic mass is 16.5. The molecule has 0 aliphatic carbocycles. The lowest BCUT2D eigenvalue weighted by Gasteiger charge is -2.33. The molecule has 8 nitrogen and oxygen atoms in total. The summed E-state index contributed by atoms with van der Waals surface area (Å²) in [7, 11) is 0. The van der Waals surface area contributed by atoms with Gasteiger partial charge in [-0.3, -0.25) is 9.78 Å². The number of hydrogen-bond donors (Lipinski definition) is 0. The Morgan fingerprint density at radius 2 is 1.76 bits per heavy atom. The van der Waals surface area contributed by atoms with E-state index >= 15 is 0 Å². The van der Waals surface area contributed by atoms with Crippen molar-refractivity contribution in [3.05, 3.63) is 65.9 Å². The van der Waals surface area contributed by atoms with E-state index in [0.29, 0.717) is 30.6 Å². The Balaban J connectivity index is 1.34. The van der Waals surface area contributed by atoms with Gasteiger partial charge in [0.1, 0.15) is 17.1 Å². The van der Waals surface area contributed by atoms with E-state index < -0.39 is 0 Å². The number of carbonyl (C=O) groups is 1. The Morgan fingerprint density at radius 1 is 0.971 bits per heavy atom. The Kier molecular flexibility index (Phi) is 6.65. The van der Waals surface area contributed by atoms with Crippen molar-refractivity contribution < 1.29 is 9.53 Å². The molecule has 2 fully saturated rings. The van der Waals surface area contributed by atoms with Crippen molar-refractivity contribution in [2.24, 2.45) is 0 Å². The zero-order valence-electron chi connectivity index (χ0n) is 19.6. The number of aryl methyl sites for hydroxylation is 1.